The SMILES string of the molecule is CC(C)(C)c1cccc(C=NCCCCCCN=Cc2cccc(C(C)(C)C)c2O)c1O.[Cl][Zr][Cl]. The number of halogens is 2. The molecule has 0 heterocycles. The third-order valence-electron chi connectivity index (χ3n) is 5.54. The van der Waals surface area contributed by atoms with Crippen molar-refractivity contribution in [3.63, 3.8) is 0 Å². The van der Waals surface area contributed by atoms with Crippen LogP contribution in [-0.2, 0) is 31.7 Å². The number of unbranched alkanes of at least 4 members (excludes halogenated alkanes) is 3. The molecule has 0 atom stereocenters. The number of aliphatic imine (C=N–C) groups is 2. The average Bonchev–Trinajstić information content (AvgIpc) is 2.76. The molecule has 0 saturated carbocycles. The van der Waals surface area contributed by atoms with Gasteiger partial charge in [-0.05, 0) is 46.9 Å². The molecule has 0 aromatic heterocycles. The Morgan fingerprint density at radius 1 is 0.686 bits per heavy atom. The first-order valence-electron chi connectivity index (χ1n) is 12.0. The molecule has 0 fully saturated rings. The second-order valence-electron chi connectivity index (χ2n) is 10.5. The summed E-state index contributed by atoms with van der Waals surface area (Å²) in [6, 6.07) is 11.7. The molecule has 0 aliphatic carbocycles. The van der Waals surface area contributed by atoms with Crippen molar-refractivity contribution in [2.45, 2.75) is 78.1 Å². The predicted octanol–water partition coefficient (Wildman–Crippen LogP) is 8.17. The summed E-state index contributed by atoms with van der Waals surface area (Å²) in [4.78, 5) is 8.99. The number of phenolic OH excluding ortho intramolecular Hbond substituents is 2. The fourth-order valence-corrected chi connectivity index (χ4v) is 3.63. The van der Waals surface area contributed by atoms with Crippen molar-refractivity contribution in [2.75, 3.05) is 13.1 Å². The molecule has 0 radical (unpaired) electrons. The molecule has 0 aliphatic heterocycles. The zero-order valence-electron chi connectivity index (χ0n) is 21.9. The zero-order chi connectivity index (χ0) is 26.5. The van der Waals surface area contributed by atoms with Crippen molar-refractivity contribution >= 4 is 29.5 Å². The summed E-state index contributed by atoms with van der Waals surface area (Å²) in [7, 11) is 9.87. The van der Waals surface area contributed by atoms with E-state index >= 15 is 0 Å². The molecule has 2 rings (SSSR count). The van der Waals surface area contributed by atoms with Crippen LogP contribution in [0.1, 0.15) is 89.5 Å². The molecule has 35 heavy (non-hydrogen) atoms. The molecule has 2 aromatic carbocycles. The minimum absolute atomic E-state index is 0.0927. The van der Waals surface area contributed by atoms with Gasteiger partial charge in [0.25, 0.3) is 0 Å². The first-order chi connectivity index (χ1) is 16.4. The quantitative estimate of drug-likeness (QED) is 0.226. The van der Waals surface area contributed by atoms with E-state index in [0.29, 0.717) is 11.5 Å². The zero-order valence-corrected chi connectivity index (χ0v) is 25.9. The Labute approximate surface area is 230 Å². The van der Waals surface area contributed by atoms with Crippen molar-refractivity contribution in [3.05, 3.63) is 58.7 Å². The van der Waals surface area contributed by atoms with Crippen molar-refractivity contribution in [3.8, 4) is 11.5 Å². The first kappa shape index (κ1) is 31.9. The van der Waals surface area contributed by atoms with Gasteiger partial charge in [-0.3, -0.25) is 9.98 Å². The fraction of sp³-hybridized carbons (Fsp3) is 0.500. The Kier molecular flexibility index (Phi) is 14.4. The minimum atomic E-state index is -0.826. The van der Waals surface area contributed by atoms with E-state index in [0.717, 1.165) is 61.0 Å². The molecule has 4 nitrogen and oxygen atoms in total. The third kappa shape index (κ3) is 11.6. The molecular weight excluding hydrogens is 558 g/mol. The summed E-state index contributed by atoms with van der Waals surface area (Å²) in [6.45, 7) is 14.1. The number of hydrogen-bond donors (Lipinski definition) is 2. The monoisotopic (exact) mass is 596 g/mol. The maximum absolute atomic E-state index is 10.5. The Hall–Kier alpha value is -1.16. The van der Waals surface area contributed by atoms with Crippen LogP contribution >= 0.6 is 17.0 Å². The number of para-hydroxylation sites is 2. The molecule has 0 spiro atoms. The molecule has 2 aromatic rings. The number of benzene rings is 2. The third-order valence-corrected chi connectivity index (χ3v) is 5.54. The Morgan fingerprint density at radius 2 is 1.03 bits per heavy atom. The number of aromatic hydroxyl groups is 2. The molecule has 7 heteroatoms. The van der Waals surface area contributed by atoms with Crippen molar-refractivity contribution in [1.29, 1.82) is 0 Å². The Bertz CT molecular complexity index is 887. The van der Waals surface area contributed by atoms with E-state index in [4.69, 9.17) is 17.0 Å². The topological polar surface area (TPSA) is 65.2 Å². The maximum atomic E-state index is 10.5. The summed E-state index contributed by atoms with van der Waals surface area (Å²) < 4.78 is 0. The van der Waals surface area contributed by atoms with Gasteiger partial charge in [0.2, 0.25) is 0 Å². The molecule has 0 amide bonds. The van der Waals surface area contributed by atoms with E-state index in [1.54, 1.807) is 12.4 Å². The summed E-state index contributed by atoms with van der Waals surface area (Å²) in [5, 5.41) is 21.0. The van der Waals surface area contributed by atoms with Gasteiger partial charge in [-0.25, -0.2) is 0 Å². The van der Waals surface area contributed by atoms with Crippen LogP contribution in [0.15, 0.2) is 46.4 Å². The van der Waals surface area contributed by atoms with Gasteiger partial charge in [-0.1, -0.05) is 78.6 Å². The molecule has 0 bridgehead atoms. The number of phenols is 2. The van der Waals surface area contributed by atoms with Gasteiger partial charge in [-0.15, -0.1) is 0 Å². The first-order valence-corrected chi connectivity index (χ1v) is 18.4. The molecule has 0 unspecified atom stereocenters. The van der Waals surface area contributed by atoms with Crippen molar-refractivity contribution in [2.24, 2.45) is 9.98 Å². The van der Waals surface area contributed by atoms with Crippen LogP contribution in [0.2, 0.25) is 0 Å². The van der Waals surface area contributed by atoms with Crippen LogP contribution in [0.5, 0.6) is 11.5 Å². The van der Waals surface area contributed by atoms with E-state index in [1.807, 2.05) is 36.4 Å². The summed E-state index contributed by atoms with van der Waals surface area (Å²) in [6.07, 6.45) is 7.82. The van der Waals surface area contributed by atoms with Crippen LogP contribution in [0, 0.1) is 0 Å². The predicted molar refractivity (Wildman–Crippen MR) is 149 cm³/mol. The van der Waals surface area contributed by atoms with Crippen LogP contribution in [0.25, 0.3) is 0 Å². The van der Waals surface area contributed by atoms with Crippen LogP contribution in [-0.4, -0.2) is 35.7 Å². The normalized spacial score (nSPS) is 12.1. The molecule has 0 aliphatic rings. The van der Waals surface area contributed by atoms with E-state index in [1.165, 1.54) is 0 Å². The standard InChI is InChI=1S/C28H40N2O2.2ClH.Zr/c1-27(2,3)23-15-11-13-21(25(23)31)19-29-17-9-7-8-10-18-30-20-22-14-12-16-24(26(22)32)28(4,5)6;;;/h11-16,19-20,31-32H,7-10,17-18H2,1-6H3;2*1H;/q;;;+2/p-2. The molecule has 0 saturated heterocycles. The second-order valence-corrected chi connectivity index (χ2v) is 14.3. The van der Waals surface area contributed by atoms with Gasteiger partial charge in [0.1, 0.15) is 11.5 Å². The van der Waals surface area contributed by atoms with E-state index in [-0.39, 0.29) is 10.8 Å². The Morgan fingerprint density at radius 3 is 1.34 bits per heavy atom. The summed E-state index contributed by atoms with van der Waals surface area (Å²) in [5.41, 5.74) is 3.27. The average molecular weight is 599 g/mol. The molecular formula is C28H40Cl2N2O2Zr. The van der Waals surface area contributed by atoms with Crippen molar-refractivity contribution < 1.29 is 31.1 Å². The fourth-order valence-electron chi connectivity index (χ4n) is 3.63. The van der Waals surface area contributed by atoms with E-state index in [9.17, 15) is 10.2 Å². The van der Waals surface area contributed by atoms with Gasteiger partial charge < -0.3 is 10.2 Å². The van der Waals surface area contributed by atoms with E-state index in [2.05, 4.69) is 51.5 Å². The number of nitrogens with zero attached hydrogens (tertiary/aromatic N) is 2. The van der Waals surface area contributed by atoms with Gasteiger partial charge in [0, 0.05) is 36.6 Å². The van der Waals surface area contributed by atoms with Crippen LogP contribution in [0.4, 0.5) is 0 Å². The van der Waals surface area contributed by atoms with Crippen LogP contribution in [0.3, 0.4) is 0 Å². The molecule has 2 N–H and O–H groups in total. The van der Waals surface area contributed by atoms with Gasteiger partial charge in [0.15, 0.2) is 0 Å². The second kappa shape index (κ2) is 15.8. The summed E-state index contributed by atoms with van der Waals surface area (Å²) >= 11 is -0.826. The van der Waals surface area contributed by atoms with Crippen LogP contribution < -0.4 is 0 Å². The number of rotatable bonds is 9. The van der Waals surface area contributed by atoms with E-state index < -0.39 is 20.8 Å². The van der Waals surface area contributed by atoms with Gasteiger partial charge >= 0.3 is 37.9 Å². The van der Waals surface area contributed by atoms with Gasteiger partial charge in [0.05, 0.1) is 0 Å². The van der Waals surface area contributed by atoms with Gasteiger partial charge in [-0.2, -0.15) is 0 Å². The number of hydrogen-bond acceptors (Lipinski definition) is 4. The summed E-state index contributed by atoms with van der Waals surface area (Å²) in [5.74, 6) is 0.668. The van der Waals surface area contributed by atoms with Crippen molar-refractivity contribution in [1.82, 2.24) is 0 Å². The Balaban J connectivity index is 0.00000194. The molecule has 192 valence electrons.